The molecule has 0 spiro atoms. The molecule has 0 aliphatic carbocycles. The van der Waals surface area contributed by atoms with E-state index in [4.69, 9.17) is 4.74 Å². The van der Waals surface area contributed by atoms with Crippen LogP contribution in [0.4, 0.5) is 0 Å². The highest BCUT2D eigenvalue weighted by Crippen LogP contribution is 2.18. The molecule has 2 aromatic heterocycles. The van der Waals surface area contributed by atoms with Gasteiger partial charge in [0.1, 0.15) is 11.7 Å². The average Bonchev–Trinajstić information content (AvgIpc) is 3.15. The van der Waals surface area contributed by atoms with Gasteiger partial charge < -0.3 is 15.2 Å². The number of carbonyl (C=O) groups is 2. The number of aromatic nitrogens is 3. The van der Waals surface area contributed by atoms with Crippen molar-refractivity contribution in [1.29, 1.82) is 0 Å². The van der Waals surface area contributed by atoms with E-state index in [1.807, 2.05) is 0 Å². The number of aliphatic carboxylic acids is 1. The summed E-state index contributed by atoms with van der Waals surface area (Å²) in [5.74, 6) is -1.35. The lowest BCUT2D eigenvalue weighted by Gasteiger charge is -2.27. The van der Waals surface area contributed by atoms with Gasteiger partial charge in [-0.15, -0.1) is 0 Å². The Morgan fingerprint density at radius 2 is 2.25 bits per heavy atom. The molecule has 3 rings (SSSR count). The molecule has 126 valence electrons. The third-order valence-electron chi connectivity index (χ3n) is 3.93. The van der Waals surface area contributed by atoms with E-state index >= 15 is 0 Å². The summed E-state index contributed by atoms with van der Waals surface area (Å²) in [6.07, 6.45) is 4.82. The highest BCUT2D eigenvalue weighted by molar-refractivity contribution is 5.95. The van der Waals surface area contributed by atoms with Crippen molar-refractivity contribution in [1.82, 2.24) is 20.1 Å². The van der Waals surface area contributed by atoms with E-state index < -0.39 is 17.9 Å². The minimum Gasteiger partial charge on any atom is -0.480 e. The van der Waals surface area contributed by atoms with E-state index in [1.54, 1.807) is 36.7 Å². The van der Waals surface area contributed by atoms with Gasteiger partial charge in [-0.25, -0.2) is 14.5 Å². The van der Waals surface area contributed by atoms with Crippen molar-refractivity contribution in [3.05, 3.63) is 42.4 Å². The summed E-state index contributed by atoms with van der Waals surface area (Å²) in [7, 11) is 0. The van der Waals surface area contributed by atoms with Crippen LogP contribution in [0.3, 0.4) is 0 Å². The number of carboxylic acid groups (broad SMARTS) is 1. The van der Waals surface area contributed by atoms with Crippen LogP contribution in [0.2, 0.25) is 0 Å². The zero-order valence-corrected chi connectivity index (χ0v) is 13.0. The first-order valence-corrected chi connectivity index (χ1v) is 7.73. The average molecular weight is 330 g/mol. The van der Waals surface area contributed by atoms with Crippen molar-refractivity contribution in [2.24, 2.45) is 5.92 Å². The Balaban J connectivity index is 1.75. The van der Waals surface area contributed by atoms with Crippen LogP contribution in [-0.2, 0) is 9.53 Å². The Kier molecular flexibility index (Phi) is 4.85. The largest absolute Gasteiger partial charge is 0.480 e. The van der Waals surface area contributed by atoms with E-state index in [9.17, 15) is 14.7 Å². The molecule has 2 N–H and O–H groups in total. The van der Waals surface area contributed by atoms with Gasteiger partial charge in [-0.05, 0) is 31.0 Å². The van der Waals surface area contributed by atoms with Gasteiger partial charge in [-0.3, -0.25) is 4.79 Å². The third-order valence-corrected chi connectivity index (χ3v) is 3.93. The maximum absolute atomic E-state index is 12.4. The Morgan fingerprint density at radius 1 is 1.38 bits per heavy atom. The number of nitrogens with one attached hydrogen (secondary N) is 1. The highest BCUT2D eigenvalue weighted by atomic mass is 16.5. The lowest BCUT2D eigenvalue weighted by atomic mass is 9.93. The number of ether oxygens (including phenoxy) is 1. The number of carbonyl (C=O) groups excluding carboxylic acids is 1. The van der Waals surface area contributed by atoms with Gasteiger partial charge in [0.2, 0.25) is 0 Å². The van der Waals surface area contributed by atoms with Crippen LogP contribution in [0.5, 0.6) is 0 Å². The number of pyridine rings is 1. The fourth-order valence-electron chi connectivity index (χ4n) is 2.71. The van der Waals surface area contributed by atoms with Crippen LogP contribution in [0.1, 0.15) is 23.3 Å². The fraction of sp³-hybridized carbons (Fsp3) is 0.375. The molecule has 0 aromatic carbocycles. The zero-order chi connectivity index (χ0) is 16.9. The van der Waals surface area contributed by atoms with E-state index in [0.29, 0.717) is 25.5 Å². The predicted octanol–water partition coefficient (Wildman–Crippen LogP) is 0.877. The van der Waals surface area contributed by atoms with Crippen molar-refractivity contribution >= 4 is 11.9 Å². The Labute approximate surface area is 138 Å². The number of amides is 1. The standard InChI is InChI=1S/C16H18N4O4/c21-15(19-14(16(22)23)11-4-2-9-24-10-11)12-5-1-6-13(18-12)20-8-3-7-17-20/h1,3,5-8,11,14H,2,4,9-10H2,(H,19,21)(H,22,23). The molecule has 0 radical (unpaired) electrons. The number of hydrogen-bond acceptors (Lipinski definition) is 5. The first-order valence-electron chi connectivity index (χ1n) is 7.73. The molecule has 1 aliphatic heterocycles. The van der Waals surface area contributed by atoms with Crippen LogP contribution in [0.25, 0.3) is 5.82 Å². The normalized spacial score (nSPS) is 18.8. The molecule has 1 saturated heterocycles. The van der Waals surface area contributed by atoms with Crippen molar-refractivity contribution in [2.45, 2.75) is 18.9 Å². The molecule has 24 heavy (non-hydrogen) atoms. The second-order valence-electron chi connectivity index (χ2n) is 5.60. The maximum atomic E-state index is 12.4. The first kappa shape index (κ1) is 16.1. The number of hydrogen-bond donors (Lipinski definition) is 2. The van der Waals surface area contributed by atoms with Crippen LogP contribution in [0, 0.1) is 5.92 Å². The monoisotopic (exact) mass is 330 g/mol. The van der Waals surface area contributed by atoms with Gasteiger partial charge in [0.15, 0.2) is 5.82 Å². The van der Waals surface area contributed by atoms with E-state index in [0.717, 1.165) is 6.42 Å². The fourth-order valence-corrected chi connectivity index (χ4v) is 2.71. The molecular formula is C16H18N4O4. The van der Waals surface area contributed by atoms with Gasteiger partial charge >= 0.3 is 5.97 Å². The molecule has 0 saturated carbocycles. The van der Waals surface area contributed by atoms with Gasteiger partial charge in [0.25, 0.3) is 5.91 Å². The highest BCUT2D eigenvalue weighted by Gasteiger charge is 2.31. The van der Waals surface area contributed by atoms with Gasteiger partial charge in [-0.1, -0.05) is 6.07 Å². The Bertz CT molecular complexity index is 711. The van der Waals surface area contributed by atoms with Crippen molar-refractivity contribution < 1.29 is 19.4 Å². The van der Waals surface area contributed by atoms with E-state index in [1.165, 1.54) is 4.68 Å². The summed E-state index contributed by atoms with van der Waals surface area (Å²) in [5, 5.41) is 16.0. The molecule has 2 aromatic rings. The lowest BCUT2D eigenvalue weighted by molar-refractivity contribution is -0.142. The number of rotatable bonds is 5. The van der Waals surface area contributed by atoms with Gasteiger partial charge in [0, 0.05) is 24.9 Å². The zero-order valence-electron chi connectivity index (χ0n) is 13.0. The van der Waals surface area contributed by atoms with Crippen LogP contribution < -0.4 is 5.32 Å². The summed E-state index contributed by atoms with van der Waals surface area (Å²) < 4.78 is 6.85. The quantitative estimate of drug-likeness (QED) is 0.843. The molecule has 0 bridgehead atoms. The lowest BCUT2D eigenvalue weighted by Crippen LogP contribution is -2.48. The second-order valence-corrected chi connectivity index (χ2v) is 5.60. The summed E-state index contributed by atoms with van der Waals surface area (Å²) in [4.78, 5) is 28.2. The van der Waals surface area contributed by atoms with E-state index in [-0.39, 0.29) is 11.6 Å². The number of nitrogens with zero attached hydrogens (tertiary/aromatic N) is 3. The van der Waals surface area contributed by atoms with Crippen molar-refractivity contribution in [2.75, 3.05) is 13.2 Å². The summed E-state index contributed by atoms with van der Waals surface area (Å²) in [6.45, 7) is 0.961. The molecule has 1 amide bonds. The smallest absolute Gasteiger partial charge is 0.326 e. The van der Waals surface area contributed by atoms with Crippen molar-refractivity contribution in [3.8, 4) is 5.82 Å². The molecule has 1 fully saturated rings. The molecule has 8 nitrogen and oxygen atoms in total. The van der Waals surface area contributed by atoms with E-state index in [2.05, 4.69) is 15.4 Å². The van der Waals surface area contributed by atoms with Crippen LogP contribution >= 0.6 is 0 Å². The topological polar surface area (TPSA) is 106 Å². The third kappa shape index (κ3) is 3.60. The van der Waals surface area contributed by atoms with Crippen LogP contribution in [0.15, 0.2) is 36.7 Å². The van der Waals surface area contributed by atoms with Gasteiger partial charge in [0.05, 0.1) is 6.61 Å². The summed E-state index contributed by atoms with van der Waals surface area (Å²) >= 11 is 0. The Hall–Kier alpha value is -2.74. The van der Waals surface area contributed by atoms with Crippen molar-refractivity contribution in [3.63, 3.8) is 0 Å². The number of carboxylic acids is 1. The Morgan fingerprint density at radius 3 is 2.92 bits per heavy atom. The SMILES string of the molecule is O=C(NC(C(=O)O)C1CCCOC1)c1cccc(-n2cccn2)n1. The first-order chi connectivity index (χ1) is 11.6. The molecular weight excluding hydrogens is 312 g/mol. The minimum atomic E-state index is -1.07. The molecule has 2 atom stereocenters. The van der Waals surface area contributed by atoms with Crippen LogP contribution in [-0.4, -0.2) is 51.0 Å². The van der Waals surface area contributed by atoms with Gasteiger partial charge in [-0.2, -0.15) is 5.10 Å². The maximum Gasteiger partial charge on any atom is 0.326 e. The molecule has 3 heterocycles. The molecule has 2 unspecified atom stereocenters. The summed E-state index contributed by atoms with van der Waals surface area (Å²) in [6, 6.07) is 5.69. The second kappa shape index (κ2) is 7.22. The summed E-state index contributed by atoms with van der Waals surface area (Å²) in [5.41, 5.74) is 0.144. The molecule has 1 aliphatic rings. The minimum absolute atomic E-state index is 0.144. The molecule has 8 heteroatoms. The predicted molar refractivity (Wildman–Crippen MR) is 83.8 cm³/mol.